The van der Waals surface area contributed by atoms with Crippen LogP contribution in [0.2, 0.25) is 5.15 Å². The molecule has 6 rings (SSSR count). The van der Waals surface area contributed by atoms with Crippen LogP contribution in [-0.2, 0) is 20.6 Å². The molecule has 0 aliphatic carbocycles. The normalized spacial score (nSPS) is 11.2. The lowest BCUT2D eigenvalue weighted by Crippen LogP contribution is -2.17. The van der Waals surface area contributed by atoms with Crippen molar-refractivity contribution in [2.45, 2.75) is 20.4 Å². The van der Waals surface area contributed by atoms with E-state index < -0.39 is 5.91 Å². The molecular weight excluding hydrogens is 584 g/mol. The van der Waals surface area contributed by atoms with Gasteiger partial charge in [0.1, 0.15) is 16.5 Å². The van der Waals surface area contributed by atoms with Gasteiger partial charge in [0.25, 0.3) is 17.4 Å². The lowest BCUT2D eigenvalue weighted by Gasteiger charge is -2.12. The van der Waals surface area contributed by atoms with Crippen LogP contribution >= 0.6 is 11.6 Å². The van der Waals surface area contributed by atoms with Gasteiger partial charge in [-0.15, -0.1) is 0 Å². The number of nitrogens with zero attached hydrogens (tertiary/aromatic N) is 6. The zero-order valence-electron chi connectivity index (χ0n) is 24.3. The number of halogens is 1. The van der Waals surface area contributed by atoms with Crippen LogP contribution in [0.1, 0.15) is 33.5 Å². The summed E-state index contributed by atoms with van der Waals surface area (Å²) < 4.78 is 10.1. The first kappa shape index (κ1) is 28.6. The van der Waals surface area contributed by atoms with E-state index in [9.17, 15) is 14.4 Å². The van der Waals surface area contributed by atoms with Crippen molar-refractivity contribution in [3.63, 3.8) is 0 Å². The summed E-state index contributed by atoms with van der Waals surface area (Å²) in [5, 5.41) is 10.6. The summed E-state index contributed by atoms with van der Waals surface area (Å²) in [6.07, 6.45) is 3.40. The second-order valence-corrected chi connectivity index (χ2v) is 10.5. The second-order valence-electron chi connectivity index (χ2n) is 10.1. The Bertz CT molecular complexity index is 2120. The maximum atomic E-state index is 13.6. The molecule has 0 unspecified atom stereocenters. The van der Waals surface area contributed by atoms with Gasteiger partial charge in [-0.2, -0.15) is 9.84 Å². The van der Waals surface area contributed by atoms with Crippen molar-refractivity contribution in [1.82, 2.24) is 29.1 Å². The number of aromatic nitrogens is 6. The van der Waals surface area contributed by atoms with Crippen molar-refractivity contribution in [1.29, 1.82) is 0 Å². The lowest BCUT2D eigenvalue weighted by atomic mass is 10.1. The highest BCUT2D eigenvalue weighted by Gasteiger charge is 2.22. The zero-order chi connectivity index (χ0) is 31.1. The average Bonchev–Trinajstić information content (AvgIpc) is 3.66. The lowest BCUT2D eigenvalue weighted by molar-refractivity contribution is 0.101. The van der Waals surface area contributed by atoms with Gasteiger partial charge in [0.05, 0.1) is 16.9 Å². The topological polar surface area (TPSA) is 142 Å². The Labute approximate surface area is 255 Å². The number of benzene rings is 1. The predicted octanol–water partition coefficient (Wildman–Crippen LogP) is 5.28. The number of nitrogens with one attached hydrogen (secondary N) is 2. The molecule has 0 aliphatic rings. The molecule has 6 aromatic rings. The van der Waals surface area contributed by atoms with Crippen LogP contribution in [0.15, 0.2) is 76.3 Å². The predicted molar refractivity (Wildman–Crippen MR) is 167 cm³/mol. The molecule has 5 heterocycles. The van der Waals surface area contributed by atoms with E-state index in [0.717, 1.165) is 16.6 Å². The molecule has 2 N–H and O–H groups in total. The highest BCUT2D eigenvalue weighted by Crippen LogP contribution is 2.32. The van der Waals surface area contributed by atoms with Crippen LogP contribution in [0.4, 0.5) is 11.5 Å². The Kier molecular flexibility index (Phi) is 7.35. The third-order valence-electron chi connectivity index (χ3n) is 7.15. The Morgan fingerprint density at radius 3 is 2.50 bits per heavy atom. The summed E-state index contributed by atoms with van der Waals surface area (Å²) in [7, 11) is 3.31. The molecule has 12 nitrogen and oxygen atoms in total. The van der Waals surface area contributed by atoms with Crippen LogP contribution in [-0.4, -0.2) is 40.9 Å². The summed E-state index contributed by atoms with van der Waals surface area (Å²) in [6.45, 7) is 4.20. The molecular formula is C31H27ClN8O4. The molecule has 0 saturated heterocycles. The maximum absolute atomic E-state index is 13.6. The standard InChI is InChI=1S/C31H27ClN8O4/c1-5-40-23(19-9-10-22(33-16-19)26-17(2)44-39(4)31(26)43)14-20-15-24(32)35-27(28(20)40)30(42)34-21-8-6-7-18(13-21)29(41)36-25-11-12-38(3)37-25/h6-16H,5H2,1-4H3,(H,34,42)(H,36,37,41). The molecule has 2 amide bonds. The van der Waals surface area contributed by atoms with Crippen molar-refractivity contribution in [2.75, 3.05) is 10.6 Å². The van der Waals surface area contributed by atoms with Crippen molar-refractivity contribution in [3.8, 4) is 22.5 Å². The molecule has 0 saturated carbocycles. The highest BCUT2D eigenvalue weighted by atomic mass is 35.5. The Balaban J connectivity index is 1.32. The van der Waals surface area contributed by atoms with E-state index in [1.165, 1.54) is 4.74 Å². The fraction of sp³-hybridized carbons (Fsp3) is 0.161. The minimum absolute atomic E-state index is 0.131. The monoisotopic (exact) mass is 610 g/mol. The van der Waals surface area contributed by atoms with Gasteiger partial charge in [-0.05, 0) is 56.3 Å². The molecule has 0 bridgehead atoms. The second kappa shape index (κ2) is 11.3. The largest absolute Gasteiger partial charge is 0.381 e. The Morgan fingerprint density at radius 2 is 1.84 bits per heavy atom. The average molecular weight is 611 g/mol. The molecule has 0 aliphatic heterocycles. The van der Waals surface area contributed by atoms with Crippen LogP contribution in [0, 0.1) is 6.92 Å². The summed E-state index contributed by atoms with van der Waals surface area (Å²) in [4.78, 5) is 47.8. The number of rotatable bonds is 7. The van der Waals surface area contributed by atoms with E-state index in [-0.39, 0.29) is 22.3 Å². The minimum atomic E-state index is -0.487. The van der Waals surface area contributed by atoms with Crippen molar-refractivity contribution < 1.29 is 14.1 Å². The van der Waals surface area contributed by atoms with Gasteiger partial charge in [0.15, 0.2) is 11.5 Å². The number of fused-ring (bicyclic) bond motifs is 1. The number of amides is 2. The molecule has 5 aromatic heterocycles. The SMILES string of the molecule is CCn1c(-c2ccc(-c3c(C)on(C)c3=O)nc2)cc2cc(Cl)nc(C(=O)Nc3cccc(C(=O)Nc4ccn(C)n4)c3)c21. The Morgan fingerprint density at radius 1 is 1.02 bits per heavy atom. The number of aryl methyl sites for hydroxylation is 4. The smallest absolute Gasteiger partial charge is 0.291 e. The van der Waals surface area contributed by atoms with Gasteiger partial charge in [-0.3, -0.25) is 24.0 Å². The number of hydrogen-bond acceptors (Lipinski definition) is 7. The first-order chi connectivity index (χ1) is 21.1. The zero-order valence-corrected chi connectivity index (χ0v) is 25.0. The first-order valence-corrected chi connectivity index (χ1v) is 14.1. The number of pyridine rings is 2. The summed E-state index contributed by atoms with van der Waals surface area (Å²) >= 11 is 6.37. The van der Waals surface area contributed by atoms with Gasteiger partial charge in [-0.1, -0.05) is 17.7 Å². The molecule has 0 spiro atoms. The van der Waals surface area contributed by atoms with Gasteiger partial charge >= 0.3 is 0 Å². The minimum Gasteiger partial charge on any atom is -0.381 e. The van der Waals surface area contributed by atoms with E-state index in [1.807, 2.05) is 23.6 Å². The number of carbonyl (C=O) groups is 2. The molecule has 44 heavy (non-hydrogen) atoms. The molecule has 0 atom stereocenters. The number of anilines is 2. The van der Waals surface area contributed by atoms with Crippen LogP contribution in [0.5, 0.6) is 0 Å². The van der Waals surface area contributed by atoms with Crippen molar-refractivity contribution >= 4 is 45.8 Å². The summed E-state index contributed by atoms with van der Waals surface area (Å²) in [5.41, 5.74) is 3.70. The van der Waals surface area contributed by atoms with Crippen LogP contribution in [0.25, 0.3) is 33.4 Å². The van der Waals surface area contributed by atoms with Gasteiger partial charge in [0, 0.05) is 61.3 Å². The molecule has 1 aromatic carbocycles. The van der Waals surface area contributed by atoms with Crippen LogP contribution < -0.4 is 16.2 Å². The van der Waals surface area contributed by atoms with E-state index in [4.69, 9.17) is 16.1 Å². The quantitative estimate of drug-likeness (QED) is 0.234. The van der Waals surface area contributed by atoms with E-state index >= 15 is 0 Å². The van der Waals surface area contributed by atoms with E-state index in [0.29, 0.717) is 46.1 Å². The highest BCUT2D eigenvalue weighted by molar-refractivity contribution is 6.30. The molecule has 0 fully saturated rings. The molecule has 13 heteroatoms. The third kappa shape index (κ3) is 5.26. The summed E-state index contributed by atoms with van der Waals surface area (Å²) in [6, 6.07) is 15.5. The van der Waals surface area contributed by atoms with E-state index in [2.05, 4.69) is 25.7 Å². The van der Waals surface area contributed by atoms with Gasteiger partial charge in [-0.25, -0.2) is 4.98 Å². The number of hydrogen-bond donors (Lipinski definition) is 2. The molecule has 222 valence electrons. The van der Waals surface area contributed by atoms with E-state index in [1.54, 1.807) is 80.6 Å². The Hall–Kier alpha value is -5.49. The third-order valence-corrected chi connectivity index (χ3v) is 7.35. The van der Waals surface area contributed by atoms with Gasteiger partial charge < -0.3 is 19.7 Å². The molecule has 0 radical (unpaired) electrons. The maximum Gasteiger partial charge on any atom is 0.291 e. The fourth-order valence-corrected chi connectivity index (χ4v) is 5.38. The van der Waals surface area contributed by atoms with Crippen molar-refractivity contribution in [3.05, 3.63) is 99.5 Å². The van der Waals surface area contributed by atoms with Gasteiger partial charge in [0.2, 0.25) is 0 Å². The fourth-order valence-electron chi connectivity index (χ4n) is 5.17. The first-order valence-electron chi connectivity index (χ1n) is 13.7. The van der Waals surface area contributed by atoms with Crippen LogP contribution in [0.3, 0.4) is 0 Å². The summed E-state index contributed by atoms with van der Waals surface area (Å²) in [5.74, 6) is 0.0461. The number of carbonyl (C=O) groups excluding carboxylic acids is 2. The van der Waals surface area contributed by atoms with Crippen molar-refractivity contribution in [2.24, 2.45) is 14.1 Å².